The maximum absolute atomic E-state index is 12.3. The number of carbonyl (C=O) groups excluding carboxylic acids is 3. The SMILES string of the molecule is NC(=O)C1C(NC(=O)CC(=O)N2CCCCC2)SC2CCCCC21. The number of amides is 3. The number of hydrogen-bond acceptors (Lipinski definition) is 4. The minimum absolute atomic E-state index is 0.108. The molecule has 0 aromatic rings. The zero-order valence-corrected chi connectivity index (χ0v) is 14.9. The van der Waals surface area contributed by atoms with Crippen molar-refractivity contribution in [1.29, 1.82) is 0 Å². The largest absolute Gasteiger partial charge is 0.369 e. The van der Waals surface area contributed by atoms with E-state index in [0.29, 0.717) is 5.25 Å². The number of nitrogens with one attached hydrogen (secondary N) is 1. The molecule has 3 fully saturated rings. The lowest BCUT2D eigenvalue weighted by molar-refractivity contribution is -0.136. The average Bonchev–Trinajstić information content (AvgIpc) is 2.93. The highest BCUT2D eigenvalue weighted by Gasteiger charge is 2.48. The highest BCUT2D eigenvalue weighted by atomic mass is 32.2. The Morgan fingerprint density at radius 1 is 1.04 bits per heavy atom. The van der Waals surface area contributed by atoms with E-state index in [4.69, 9.17) is 5.73 Å². The van der Waals surface area contributed by atoms with Crippen molar-refractivity contribution in [2.24, 2.45) is 17.6 Å². The molecule has 6 nitrogen and oxygen atoms in total. The van der Waals surface area contributed by atoms with Gasteiger partial charge in [0.1, 0.15) is 6.42 Å². The third kappa shape index (κ3) is 3.87. The molecular weight excluding hydrogens is 326 g/mol. The van der Waals surface area contributed by atoms with Crippen molar-refractivity contribution in [3.8, 4) is 0 Å². The molecule has 4 unspecified atom stereocenters. The van der Waals surface area contributed by atoms with Crippen molar-refractivity contribution in [3.63, 3.8) is 0 Å². The van der Waals surface area contributed by atoms with Crippen LogP contribution in [0.1, 0.15) is 51.4 Å². The number of fused-ring (bicyclic) bond motifs is 1. The maximum Gasteiger partial charge on any atom is 0.232 e. The quantitative estimate of drug-likeness (QED) is 0.744. The summed E-state index contributed by atoms with van der Waals surface area (Å²) in [6.07, 6.45) is 7.43. The summed E-state index contributed by atoms with van der Waals surface area (Å²) in [6, 6.07) is 0. The zero-order chi connectivity index (χ0) is 17.1. The molecule has 0 spiro atoms. The predicted octanol–water partition coefficient (Wildman–Crippen LogP) is 1.24. The van der Waals surface area contributed by atoms with Crippen LogP contribution in [-0.2, 0) is 14.4 Å². The van der Waals surface area contributed by atoms with Gasteiger partial charge >= 0.3 is 0 Å². The van der Waals surface area contributed by atoms with Crippen LogP contribution in [0.4, 0.5) is 0 Å². The van der Waals surface area contributed by atoms with Gasteiger partial charge < -0.3 is 16.0 Å². The first-order valence-corrected chi connectivity index (χ1v) is 10.0. The van der Waals surface area contributed by atoms with Crippen molar-refractivity contribution < 1.29 is 14.4 Å². The second kappa shape index (κ2) is 7.76. The Bertz CT molecular complexity index is 507. The highest BCUT2D eigenvalue weighted by molar-refractivity contribution is 8.00. The summed E-state index contributed by atoms with van der Waals surface area (Å²) < 4.78 is 0. The number of rotatable bonds is 4. The summed E-state index contributed by atoms with van der Waals surface area (Å²) in [5, 5.41) is 3.03. The molecule has 3 N–H and O–H groups in total. The van der Waals surface area contributed by atoms with Gasteiger partial charge in [-0.05, 0) is 38.0 Å². The van der Waals surface area contributed by atoms with Crippen molar-refractivity contribution in [3.05, 3.63) is 0 Å². The molecule has 134 valence electrons. The number of likely N-dealkylation sites (tertiary alicyclic amines) is 1. The maximum atomic E-state index is 12.3. The first kappa shape index (κ1) is 17.6. The van der Waals surface area contributed by atoms with E-state index in [2.05, 4.69) is 5.32 Å². The number of nitrogens with two attached hydrogens (primary N) is 1. The van der Waals surface area contributed by atoms with E-state index in [1.54, 1.807) is 16.7 Å². The lowest BCUT2D eigenvalue weighted by Crippen LogP contribution is -2.45. The van der Waals surface area contributed by atoms with Crippen LogP contribution >= 0.6 is 11.8 Å². The van der Waals surface area contributed by atoms with Crippen LogP contribution in [0.25, 0.3) is 0 Å². The fourth-order valence-corrected chi connectivity index (χ4v) is 6.18. The van der Waals surface area contributed by atoms with Crippen molar-refractivity contribution >= 4 is 29.5 Å². The van der Waals surface area contributed by atoms with Gasteiger partial charge in [0.2, 0.25) is 17.7 Å². The zero-order valence-electron chi connectivity index (χ0n) is 14.0. The summed E-state index contributed by atoms with van der Waals surface area (Å²) in [5.74, 6) is -0.764. The Hall–Kier alpha value is -1.24. The number of nitrogens with zero attached hydrogens (tertiary/aromatic N) is 1. The van der Waals surface area contributed by atoms with Crippen LogP contribution in [0.2, 0.25) is 0 Å². The molecule has 24 heavy (non-hydrogen) atoms. The monoisotopic (exact) mass is 353 g/mol. The smallest absolute Gasteiger partial charge is 0.232 e. The molecule has 4 atom stereocenters. The van der Waals surface area contributed by atoms with Crippen LogP contribution in [-0.4, -0.2) is 46.3 Å². The number of piperidine rings is 1. The molecule has 0 aromatic carbocycles. The van der Waals surface area contributed by atoms with Crippen LogP contribution in [0.5, 0.6) is 0 Å². The van der Waals surface area contributed by atoms with Gasteiger partial charge in [-0.2, -0.15) is 0 Å². The number of thioether (sulfide) groups is 1. The normalized spacial score (nSPS) is 32.9. The standard InChI is InChI=1S/C17H27N3O3S/c18-16(23)15-11-6-2-3-7-12(11)24-17(15)19-13(21)10-14(22)20-8-4-1-5-9-20/h11-12,15,17H,1-10H2,(H2,18,23)(H,19,21). The Labute approximate surface area is 147 Å². The molecule has 2 heterocycles. The summed E-state index contributed by atoms with van der Waals surface area (Å²) in [4.78, 5) is 38.2. The lowest BCUT2D eigenvalue weighted by atomic mass is 9.79. The van der Waals surface area contributed by atoms with Crippen LogP contribution in [0, 0.1) is 11.8 Å². The molecule has 1 aliphatic carbocycles. The predicted molar refractivity (Wildman–Crippen MR) is 93.0 cm³/mol. The third-order valence-electron chi connectivity index (χ3n) is 5.51. The minimum Gasteiger partial charge on any atom is -0.369 e. The van der Waals surface area contributed by atoms with Crippen LogP contribution < -0.4 is 11.1 Å². The van der Waals surface area contributed by atoms with Crippen LogP contribution in [0.3, 0.4) is 0 Å². The molecule has 0 aromatic heterocycles. The second-order valence-corrected chi connectivity index (χ2v) is 8.54. The first-order valence-electron chi connectivity index (χ1n) is 9.08. The topological polar surface area (TPSA) is 92.5 Å². The molecule has 3 aliphatic rings. The molecule has 3 rings (SSSR count). The van der Waals surface area contributed by atoms with E-state index in [-0.39, 0.29) is 41.4 Å². The molecule has 0 bridgehead atoms. The van der Waals surface area contributed by atoms with E-state index in [0.717, 1.165) is 51.6 Å². The summed E-state index contributed by atoms with van der Waals surface area (Å²) >= 11 is 1.66. The first-order chi connectivity index (χ1) is 11.6. The highest BCUT2D eigenvalue weighted by Crippen LogP contribution is 2.48. The Morgan fingerprint density at radius 2 is 1.75 bits per heavy atom. The Morgan fingerprint density at radius 3 is 2.46 bits per heavy atom. The lowest BCUT2D eigenvalue weighted by Gasteiger charge is -2.27. The number of carbonyl (C=O) groups is 3. The van der Waals surface area contributed by atoms with E-state index in [1.807, 2.05) is 0 Å². The van der Waals surface area contributed by atoms with Gasteiger partial charge in [-0.25, -0.2) is 0 Å². The van der Waals surface area contributed by atoms with E-state index in [1.165, 1.54) is 6.42 Å². The number of primary amides is 1. The molecule has 2 aliphatic heterocycles. The van der Waals surface area contributed by atoms with Gasteiger partial charge in [0.05, 0.1) is 11.3 Å². The molecule has 7 heteroatoms. The fraction of sp³-hybridized carbons (Fsp3) is 0.824. The molecule has 1 saturated carbocycles. The van der Waals surface area contributed by atoms with E-state index < -0.39 is 0 Å². The van der Waals surface area contributed by atoms with Gasteiger partial charge in [-0.1, -0.05) is 12.8 Å². The van der Waals surface area contributed by atoms with Gasteiger partial charge in [0.15, 0.2) is 0 Å². The molecular formula is C17H27N3O3S. The Balaban J connectivity index is 1.56. The summed E-state index contributed by atoms with van der Waals surface area (Å²) in [5.41, 5.74) is 5.61. The van der Waals surface area contributed by atoms with Gasteiger partial charge in [0.25, 0.3) is 0 Å². The van der Waals surface area contributed by atoms with Crippen molar-refractivity contribution in [2.75, 3.05) is 13.1 Å². The van der Waals surface area contributed by atoms with Gasteiger partial charge in [0, 0.05) is 18.3 Å². The van der Waals surface area contributed by atoms with E-state index >= 15 is 0 Å². The van der Waals surface area contributed by atoms with Gasteiger partial charge in [-0.3, -0.25) is 14.4 Å². The minimum atomic E-state index is -0.329. The number of hydrogen-bond donors (Lipinski definition) is 2. The molecule has 0 radical (unpaired) electrons. The Kier molecular flexibility index (Phi) is 5.69. The third-order valence-corrected chi connectivity index (χ3v) is 7.15. The van der Waals surface area contributed by atoms with Gasteiger partial charge in [-0.15, -0.1) is 11.8 Å². The summed E-state index contributed by atoms with van der Waals surface area (Å²) in [6.45, 7) is 1.50. The molecule has 2 saturated heterocycles. The average molecular weight is 353 g/mol. The molecule has 3 amide bonds. The fourth-order valence-electron chi connectivity index (χ4n) is 4.29. The summed E-state index contributed by atoms with van der Waals surface area (Å²) in [7, 11) is 0. The van der Waals surface area contributed by atoms with Crippen molar-refractivity contribution in [1.82, 2.24) is 10.2 Å². The van der Waals surface area contributed by atoms with Crippen LogP contribution in [0.15, 0.2) is 0 Å². The second-order valence-electron chi connectivity index (χ2n) is 7.16. The van der Waals surface area contributed by atoms with E-state index in [9.17, 15) is 14.4 Å². The van der Waals surface area contributed by atoms with Crippen molar-refractivity contribution in [2.45, 2.75) is 62.0 Å².